The van der Waals surface area contributed by atoms with Crippen LogP contribution in [0.15, 0.2) is 22.0 Å². The summed E-state index contributed by atoms with van der Waals surface area (Å²) in [6.45, 7) is 4.19. The molecule has 0 saturated carbocycles. The Morgan fingerprint density at radius 1 is 1.47 bits per heavy atom. The van der Waals surface area contributed by atoms with Crippen molar-refractivity contribution in [1.29, 1.82) is 0 Å². The van der Waals surface area contributed by atoms with E-state index < -0.39 is 0 Å². The number of nitrogens with zero attached hydrogens (tertiary/aromatic N) is 1. The average Bonchev–Trinajstić information content (AvgIpc) is 2.72. The Kier molecular flexibility index (Phi) is 3.11. The summed E-state index contributed by atoms with van der Waals surface area (Å²) in [4.78, 5) is 1.19. The smallest absolute Gasteiger partial charge is 0.148 e. The summed E-state index contributed by atoms with van der Waals surface area (Å²) >= 11 is 5.13. The summed E-state index contributed by atoms with van der Waals surface area (Å²) in [6, 6.07) is 4.51. The maximum Gasteiger partial charge on any atom is 0.148 e. The Balaban J connectivity index is 2.20. The van der Waals surface area contributed by atoms with Gasteiger partial charge in [0.15, 0.2) is 0 Å². The van der Waals surface area contributed by atoms with E-state index in [1.54, 1.807) is 11.3 Å². The molecule has 5 heteroatoms. The van der Waals surface area contributed by atoms with Crippen LogP contribution in [0.2, 0.25) is 0 Å². The Morgan fingerprint density at radius 3 is 2.87 bits per heavy atom. The largest absolute Gasteiger partial charge is 0.366 e. The summed E-state index contributed by atoms with van der Waals surface area (Å²) in [5.74, 6) is 0.893. The van der Waals surface area contributed by atoms with E-state index >= 15 is 0 Å². The summed E-state index contributed by atoms with van der Waals surface area (Å²) in [7, 11) is 0. The van der Waals surface area contributed by atoms with E-state index in [1.807, 2.05) is 6.07 Å². The number of hydrogen-bond acceptors (Lipinski definition) is 3. The Labute approximate surface area is 101 Å². The minimum atomic E-state index is 0.399. The number of anilines is 1. The van der Waals surface area contributed by atoms with E-state index in [1.165, 1.54) is 4.88 Å². The molecule has 0 aliphatic rings. The molecule has 0 spiro atoms. The van der Waals surface area contributed by atoms with Crippen LogP contribution in [0.25, 0.3) is 10.6 Å². The first-order valence-corrected chi connectivity index (χ1v) is 6.39. The van der Waals surface area contributed by atoms with Gasteiger partial charge in [-0.1, -0.05) is 0 Å². The summed E-state index contributed by atoms with van der Waals surface area (Å²) in [5.41, 5.74) is 1.05. The summed E-state index contributed by atoms with van der Waals surface area (Å²) < 4.78 is 1.11. The number of H-pyrrole nitrogens is 1. The van der Waals surface area contributed by atoms with E-state index in [9.17, 15) is 0 Å². The van der Waals surface area contributed by atoms with Crippen LogP contribution in [0, 0.1) is 0 Å². The zero-order valence-electron chi connectivity index (χ0n) is 8.54. The summed E-state index contributed by atoms with van der Waals surface area (Å²) in [5, 5.41) is 12.5. The van der Waals surface area contributed by atoms with E-state index in [0.717, 1.165) is 16.0 Å². The van der Waals surface area contributed by atoms with Crippen molar-refractivity contribution in [2.75, 3.05) is 5.32 Å². The van der Waals surface area contributed by atoms with Crippen molar-refractivity contribution in [3.63, 3.8) is 0 Å². The fourth-order valence-electron chi connectivity index (χ4n) is 1.27. The van der Waals surface area contributed by atoms with Crippen molar-refractivity contribution in [2.24, 2.45) is 0 Å². The first-order valence-electron chi connectivity index (χ1n) is 4.71. The van der Waals surface area contributed by atoms with Gasteiger partial charge in [0.25, 0.3) is 0 Å². The lowest BCUT2D eigenvalue weighted by Crippen LogP contribution is -2.09. The molecule has 0 saturated heterocycles. The number of rotatable bonds is 3. The number of aromatic amines is 1. The van der Waals surface area contributed by atoms with Crippen LogP contribution in [0.3, 0.4) is 0 Å². The van der Waals surface area contributed by atoms with Gasteiger partial charge in [0.1, 0.15) is 5.82 Å². The number of halogens is 1. The number of nitrogens with one attached hydrogen (secondary N) is 2. The Morgan fingerprint density at radius 2 is 2.27 bits per heavy atom. The van der Waals surface area contributed by atoms with E-state index in [2.05, 4.69) is 56.7 Å². The van der Waals surface area contributed by atoms with Gasteiger partial charge in [-0.3, -0.25) is 5.10 Å². The highest BCUT2D eigenvalue weighted by atomic mass is 79.9. The predicted octanol–water partition coefficient (Wildman–Crippen LogP) is 3.72. The lowest BCUT2D eigenvalue weighted by atomic mass is 10.3. The van der Waals surface area contributed by atoms with Gasteiger partial charge in [-0.2, -0.15) is 5.10 Å². The molecule has 0 bridgehead atoms. The molecule has 2 rings (SSSR count). The molecule has 0 unspecified atom stereocenters. The molecule has 0 fully saturated rings. The monoisotopic (exact) mass is 285 g/mol. The van der Waals surface area contributed by atoms with Gasteiger partial charge in [-0.05, 0) is 35.8 Å². The highest BCUT2D eigenvalue weighted by Gasteiger charge is 2.06. The van der Waals surface area contributed by atoms with Crippen LogP contribution < -0.4 is 5.32 Å². The SMILES string of the molecule is CC(C)Nc1cc(-c2cc(Br)cs2)[nH]n1. The third-order valence-corrected chi connectivity index (χ3v) is 3.57. The molecule has 2 N–H and O–H groups in total. The van der Waals surface area contributed by atoms with Crippen molar-refractivity contribution in [1.82, 2.24) is 10.2 Å². The van der Waals surface area contributed by atoms with Gasteiger partial charge in [-0.25, -0.2) is 0 Å². The van der Waals surface area contributed by atoms with Crippen molar-refractivity contribution < 1.29 is 0 Å². The van der Waals surface area contributed by atoms with Gasteiger partial charge in [-0.15, -0.1) is 11.3 Å². The first kappa shape index (κ1) is 10.7. The number of hydrogen-bond donors (Lipinski definition) is 2. The molecule has 0 amide bonds. The van der Waals surface area contributed by atoms with Crippen molar-refractivity contribution >= 4 is 33.1 Å². The van der Waals surface area contributed by atoms with Gasteiger partial charge < -0.3 is 5.32 Å². The van der Waals surface area contributed by atoms with Crippen LogP contribution in [0.1, 0.15) is 13.8 Å². The quantitative estimate of drug-likeness (QED) is 0.902. The zero-order chi connectivity index (χ0) is 10.8. The number of thiophene rings is 1. The number of aromatic nitrogens is 2. The Hall–Kier alpha value is -0.810. The van der Waals surface area contributed by atoms with Gasteiger partial charge in [0, 0.05) is 22.0 Å². The molecular weight excluding hydrogens is 274 g/mol. The highest BCUT2D eigenvalue weighted by Crippen LogP contribution is 2.29. The van der Waals surface area contributed by atoms with Crippen LogP contribution in [-0.2, 0) is 0 Å². The molecule has 0 aliphatic heterocycles. The van der Waals surface area contributed by atoms with Crippen LogP contribution >= 0.6 is 27.3 Å². The molecule has 2 aromatic heterocycles. The topological polar surface area (TPSA) is 40.7 Å². The average molecular weight is 286 g/mol. The standard InChI is InChI=1S/C10H12BrN3S/c1-6(2)12-10-4-8(13-14-10)9-3-7(11)5-15-9/h3-6H,1-2H3,(H2,12,13,14). The molecule has 3 nitrogen and oxygen atoms in total. The third kappa shape index (κ3) is 2.60. The Bertz CT molecular complexity index is 447. The molecule has 80 valence electrons. The lowest BCUT2D eigenvalue weighted by molar-refractivity contribution is 0.884. The maximum absolute atomic E-state index is 4.20. The molecule has 2 heterocycles. The van der Waals surface area contributed by atoms with Crippen LogP contribution in [-0.4, -0.2) is 16.2 Å². The highest BCUT2D eigenvalue weighted by molar-refractivity contribution is 9.10. The maximum atomic E-state index is 4.20. The van der Waals surface area contributed by atoms with Gasteiger partial charge >= 0.3 is 0 Å². The second-order valence-corrected chi connectivity index (χ2v) is 5.42. The van der Waals surface area contributed by atoms with Crippen LogP contribution in [0.5, 0.6) is 0 Å². The molecule has 0 radical (unpaired) electrons. The van der Waals surface area contributed by atoms with Gasteiger partial charge in [0.05, 0.1) is 10.6 Å². The lowest BCUT2D eigenvalue weighted by Gasteiger charge is -2.04. The fourth-order valence-corrected chi connectivity index (χ4v) is 2.67. The second-order valence-electron chi connectivity index (χ2n) is 3.60. The van der Waals surface area contributed by atoms with Crippen LogP contribution in [0.4, 0.5) is 5.82 Å². The van der Waals surface area contributed by atoms with Crippen molar-refractivity contribution in [2.45, 2.75) is 19.9 Å². The molecular formula is C10H12BrN3S. The predicted molar refractivity (Wildman–Crippen MR) is 68.4 cm³/mol. The van der Waals surface area contributed by atoms with E-state index in [4.69, 9.17) is 0 Å². The molecule has 0 atom stereocenters. The second kappa shape index (κ2) is 4.37. The molecule has 15 heavy (non-hydrogen) atoms. The fraction of sp³-hybridized carbons (Fsp3) is 0.300. The summed E-state index contributed by atoms with van der Waals surface area (Å²) in [6.07, 6.45) is 0. The minimum Gasteiger partial charge on any atom is -0.366 e. The van der Waals surface area contributed by atoms with Crippen molar-refractivity contribution in [3.05, 3.63) is 22.0 Å². The first-order chi connectivity index (χ1) is 7.15. The minimum absolute atomic E-state index is 0.399. The molecule has 2 aromatic rings. The van der Waals surface area contributed by atoms with Gasteiger partial charge in [0.2, 0.25) is 0 Å². The molecule has 0 aliphatic carbocycles. The van der Waals surface area contributed by atoms with E-state index in [0.29, 0.717) is 6.04 Å². The van der Waals surface area contributed by atoms with E-state index in [-0.39, 0.29) is 0 Å². The third-order valence-electron chi connectivity index (χ3n) is 1.85. The molecule has 0 aromatic carbocycles. The zero-order valence-corrected chi connectivity index (χ0v) is 10.9. The normalized spacial score (nSPS) is 10.9. The van der Waals surface area contributed by atoms with Crippen molar-refractivity contribution in [3.8, 4) is 10.6 Å².